The highest BCUT2D eigenvalue weighted by Gasteiger charge is 2.46. The van der Waals surface area contributed by atoms with Crippen LogP contribution < -0.4 is 0 Å². The number of nitrogens with zero attached hydrogens (tertiary/aromatic N) is 1. The zero-order valence-electron chi connectivity index (χ0n) is 9.43. The van der Waals surface area contributed by atoms with Crippen molar-refractivity contribution in [3.63, 3.8) is 0 Å². The third-order valence-electron chi connectivity index (χ3n) is 3.87. The second kappa shape index (κ2) is 3.12. The highest BCUT2D eigenvalue weighted by Crippen LogP contribution is 2.54. The van der Waals surface area contributed by atoms with Crippen LogP contribution in [0.5, 0.6) is 0 Å². The molecule has 2 unspecified atom stereocenters. The van der Waals surface area contributed by atoms with E-state index in [2.05, 4.69) is 26.8 Å². The first-order chi connectivity index (χ1) is 6.56. The lowest BCUT2D eigenvalue weighted by atomic mass is 9.70. The van der Waals surface area contributed by atoms with Crippen LogP contribution in [0.3, 0.4) is 0 Å². The van der Waals surface area contributed by atoms with Crippen LogP contribution in [0.1, 0.15) is 46.5 Å². The molecule has 1 saturated carbocycles. The Kier molecular flexibility index (Phi) is 2.18. The Morgan fingerprint density at radius 1 is 1.43 bits per heavy atom. The van der Waals surface area contributed by atoms with Crippen LogP contribution in [0.2, 0.25) is 0 Å². The van der Waals surface area contributed by atoms with Crippen molar-refractivity contribution in [1.82, 2.24) is 0 Å². The maximum atomic E-state index is 8.89. The van der Waals surface area contributed by atoms with Crippen molar-refractivity contribution in [2.24, 2.45) is 17.3 Å². The van der Waals surface area contributed by atoms with Crippen LogP contribution in [0.4, 0.5) is 0 Å². The maximum Gasteiger partial charge on any atom is 0.0662 e. The zero-order chi connectivity index (χ0) is 10.3. The largest absolute Gasteiger partial charge is 0.198 e. The summed E-state index contributed by atoms with van der Waals surface area (Å²) in [7, 11) is 0. The van der Waals surface area contributed by atoms with Gasteiger partial charge in [0.05, 0.1) is 12.0 Å². The van der Waals surface area contributed by atoms with E-state index in [0.717, 1.165) is 6.42 Å². The molecule has 0 bridgehead atoms. The van der Waals surface area contributed by atoms with E-state index in [1.807, 2.05) is 0 Å². The highest BCUT2D eigenvalue weighted by atomic mass is 14.5. The average Bonchev–Trinajstić information content (AvgIpc) is 2.82. The normalized spacial score (nSPS) is 35.3. The van der Waals surface area contributed by atoms with E-state index in [-0.39, 0.29) is 0 Å². The predicted molar refractivity (Wildman–Crippen MR) is 57.5 cm³/mol. The molecule has 2 atom stereocenters. The molecule has 2 aliphatic rings. The molecule has 0 radical (unpaired) electrons. The molecule has 1 fully saturated rings. The molecule has 2 rings (SSSR count). The molecule has 0 amide bonds. The zero-order valence-corrected chi connectivity index (χ0v) is 9.43. The first-order valence-corrected chi connectivity index (χ1v) is 5.66. The molecule has 76 valence electrons. The van der Waals surface area contributed by atoms with Gasteiger partial charge in [0.25, 0.3) is 0 Å². The van der Waals surface area contributed by atoms with Crippen molar-refractivity contribution >= 4 is 0 Å². The van der Waals surface area contributed by atoms with Gasteiger partial charge in [-0.15, -0.1) is 0 Å². The summed E-state index contributed by atoms with van der Waals surface area (Å²) in [6.45, 7) is 6.96. The van der Waals surface area contributed by atoms with Gasteiger partial charge in [-0.05, 0) is 43.9 Å². The Labute approximate surface area is 86.8 Å². The number of hydrogen-bond acceptors (Lipinski definition) is 1. The minimum absolute atomic E-state index is 0.331. The van der Waals surface area contributed by atoms with Crippen LogP contribution in [0.25, 0.3) is 0 Å². The van der Waals surface area contributed by atoms with Gasteiger partial charge < -0.3 is 0 Å². The van der Waals surface area contributed by atoms with Gasteiger partial charge in [0.15, 0.2) is 0 Å². The van der Waals surface area contributed by atoms with Crippen molar-refractivity contribution < 1.29 is 0 Å². The summed E-state index contributed by atoms with van der Waals surface area (Å²) >= 11 is 0. The molecule has 0 aliphatic heterocycles. The third kappa shape index (κ3) is 1.47. The van der Waals surface area contributed by atoms with Crippen LogP contribution in [0.15, 0.2) is 11.1 Å². The smallest absolute Gasteiger partial charge is 0.0662 e. The summed E-state index contributed by atoms with van der Waals surface area (Å²) in [4.78, 5) is 0. The summed E-state index contributed by atoms with van der Waals surface area (Å²) in [6, 6.07) is 2.41. The van der Waals surface area contributed by atoms with E-state index in [9.17, 15) is 0 Å². The van der Waals surface area contributed by atoms with Gasteiger partial charge in [-0.1, -0.05) is 25.0 Å². The fourth-order valence-corrected chi connectivity index (χ4v) is 3.12. The second-order valence-electron chi connectivity index (χ2n) is 5.51. The lowest BCUT2D eigenvalue weighted by Crippen LogP contribution is -2.22. The highest BCUT2D eigenvalue weighted by molar-refractivity contribution is 5.31. The van der Waals surface area contributed by atoms with Gasteiger partial charge in [0.2, 0.25) is 0 Å². The summed E-state index contributed by atoms with van der Waals surface area (Å²) < 4.78 is 0. The van der Waals surface area contributed by atoms with Crippen LogP contribution in [-0.4, -0.2) is 0 Å². The SMILES string of the molecule is CC1=C(C2CC2C#N)C(C)(C)CCC1. The van der Waals surface area contributed by atoms with E-state index in [4.69, 9.17) is 5.26 Å². The van der Waals surface area contributed by atoms with Gasteiger partial charge in [0.1, 0.15) is 0 Å². The summed E-state index contributed by atoms with van der Waals surface area (Å²) in [5.74, 6) is 0.938. The van der Waals surface area contributed by atoms with Crippen LogP contribution >= 0.6 is 0 Å². The second-order valence-corrected chi connectivity index (χ2v) is 5.51. The number of hydrogen-bond donors (Lipinski definition) is 0. The monoisotopic (exact) mass is 189 g/mol. The molecule has 1 nitrogen and oxygen atoms in total. The molecule has 14 heavy (non-hydrogen) atoms. The van der Waals surface area contributed by atoms with E-state index in [0.29, 0.717) is 17.3 Å². The van der Waals surface area contributed by atoms with Gasteiger partial charge >= 0.3 is 0 Å². The van der Waals surface area contributed by atoms with Crippen molar-refractivity contribution in [2.45, 2.75) is 46.5 Å². The molecular formula is C13H19N. The van der Waals surface area contributed by atoms with Gasteiger partial charge in [-0.25, -0.2) is 0 Å². The van der Waals surface area contributed by atoms with Crippen LogP contribution in [-0.2, 0) is 0 Å². The summed E-state index contributed by atoms with van der Waals surface area (Å²) in [6.07, 6.45) is 5.00. The Morgan fingerprint density at radius 3 is 2.64 bits per heavy atom. The summed E-state index contributed by atoms with van der Waals surface area (Å²) in [5.41, 5.74) is 3.55. The molecule has 0 spiro atoms. The van der Waals surface area contributed by atoms with E-state index < -0.39 is 0 Å². The molecule has 1 heteroatoms. The molecule has 0 saturated heterocycles. The lowest BCUT2D eigenvalue weighted by Gasteiger charge is -2.35. The summed E-state index contributed by atoms with van der Waals surface area (Å²) in [5, 5.41) is 8.89. The van der Waals surface area contributed by atoms with Crippen molar-refractivity contribution in [2.75, 3.05) is 0 Å². The fraction of sp³-hybridized carbons (Fsp3) is 0.769. The number of rotatable bonds is 1. The number of allylic oxidation sites excluding steroid dienone is 2. The maximum absolute atomic E-state index is 8.89. The Bertz CT molecular complexity index is 317. The van der Waals surface area contributed by atoms with Crippen molar-refractivity contribution in [3.8, 4) is 6.07 Å². The molecule has 0 heterocycles. The van der Waals surface area contributed by atoms with Gasteiger partial charge in [-0.2, -0.15) is 5.26 Å². The molecular weight excluding hydrogens is 170 g/mol. The lowest BCUT2D eigenvalue weighted by molar-refractivity contribution is 0.347. The Hall–Kier alpha value is -0.770. The predicted octanol–water partition coefficient (Wildman–Crippen LogP) is 3.67. The van der Waals surface area contributed by atoms with Crippen LogP contribution in [0, 0.1) is 28.6 Å². The first kappa shape index (κ1) is 9.77. The minimum atomic E-state index is 0.331. The molecule has 0 aromatic rings. The number of nitriles is 1. The van der Waals surface area contributed by atoms with Gasteiger partial charge in [0, 0.05) is 0 Å². The standard InChI is InChI=1S/C13H19N/c1-9-5-4-6-13(2,3)12(9)11-7-10(11)8-14/h10-11H,4-7H2,1-3H3. The van der Waals surface area contributed by atoms with E-state index in [1.54, 1.807) is 11.1 Å². The third-order valence-corrected chi connectivity index (χ3v) is 3.87. The van der Waals surface area contributed by atoms with Crippen molar-refractivity contribution in [3.05, 3.63) is 11.1 Å². The molecule has 0 aromatic heterocycles. The minimum Gasteiger partial charge on any atom is -0.198 e. The fourth-order valence-electron chi connectivity index (χ4n) is 3.12. The van der Waals surface area contributed by atoms with E-state index in [1.165, 1.54) is 19.3 Å². The topological polar surface area (TPSA) is 23.8 Å². The van der Waals surface area contributed by atoms with Crippen molar-refractivity contribution in [1.29, 1.82) is 5.26 Å². The van der Waals surface area contributed by atoms with E-state index >= 15 is 0 Å². The average molecular weight is 189 g/mol. The molecule has 0 aromatic carbocycles. The quantitative estimate of drug-likeness (QED) is 0.577. The Morgan fingerprint density at radius 2 is 2.14 bits per heavy atom. The van der Waals surface area contributed by atoms with Gasteiger partial charge in [-0.3, -0.25) is 0 Å². The Balaban J connectivity index is 2.27. The molecule has 2 aliphatic carbocycles. The first-order valence-electron chi connectivity index (χ1n) is 5.66. The molecule has 0 N–H and O–H groups in total.